The number of carbonyl (C=O) groups excluding carboxylic acids is 1. The monoisotopic (exact) mass is 254 g/mol. The number of methoxy groups -OCH3 is 1. The van der Waals surface area contributed by atoms with Crippen LogP contribution in [0.4, 0.5) is 0 Å². The molecule has 0 fully saturated rings. The molecule has 3 nitrogen and oxygen atoms in total. The topological polar surface area (TPSA) is 46.5 Å². The Labute approximate surface area is 111 Å². The van der Waals surface area contributed by atoms with E-state index in [4.69, 9.17) is 0 Å². The molecule has 1 N–H and O–H groups in total. The van der Waals surface area contributed by atoms with Crippen LogP contribution in [0.1, 0.15) is 5.56 Å². The Morgan fingerprint density at radius 1 is 1.11 bits per heavy atom. The lowest BCUT2D eigenvalue weighted by molar-refractivity contribution is -0.134. The zero-order valence-electron chi connectivity index (χ0n) is 10.5. The van der Waals surface area contributed by atoms with Gasteiger partial charge in [0.1, 0.15) is 5.75 Å². The second-order valence-electron chi connectivity index (χ2n) is 4.03. The van der Waals surface area contributed by atoms with Crippen molar-refractivity contribution in [3.63, 3.8) is 0 Å². The van der Waals surface area contributed by atoms with Crippen molar-refractivity contribution in [2.75, 3.05) is 7.11 Å². The van der Waals surface area contributed by atoms with Gasteiger partial charge >= 0.3 is 5.97 Å². The number of hydrogen-bond acceptors (Lipinski definition) is 3. The Bertz CT molecular complexity index is 598. The highest BCUT2D eigenvalue weighted by atomic mass is 16.5. The molecule has 0 radical (unpaired) electrons. The molecule has 19 heavy (non-hydrogen) atoms. The minimum atomic E-state index is -0.380. The average Bonchev–Trinajstić information content (AvgIpc) is 2.46. The van der Waals surface area contributed by atoms with Crippen molar-refractivity contribution in [2.45, 2.75) is 0 Å². The molecule has 0 saturated carbocycles. The quantitative estimate of drug-likeness (QED) is 0.675. The third kappa shape index (κ3) is 3.45. The van der Waals surface area contributed by atoms with Gasteiger partial charge in [-0.2, -0.15) is 0 Å². The van der Waals surface area contributed by atoms with E-state index in [1.165, 1.54) is 13.2 Å². The van der Waals surface area contributed by atoms with Gasteiger partial charge in [-0.1, -0.05) is 30.3 Å². The van der Waals surface area contributed by atoms with Crippen LogP contribution in [0.5, 0.6) is 5.75 Å². The van der Waals surface area contributed by atoms with Crippen molar-refractivity contribution in [3.05, 3.63) is 60.2 Å². The molecular formula is C16H14O3. The number of esters is 1. The van der Waals surface area contributed by atoms with Crippen LogP contribution in [0.25, 0.3) is 17.2 Å². The zero-order valence-corrected chi connectivity index (χ0v) is 10.5. The summed E-state index contributed by atoms with van der Waals surface area (Å²) in [5.74, 6) is -0.138. The van der Waals surface area contributed by atoms with E-state index in [2.05, 4.69) is 4.74 Å². The van der Waals surface area contributed by atoms with Gasteiger partial charge in [0.15, 0.2) is 0 Å². The highest BCUT2D eigenvalue weighted by molar-refractivity contribution is 5.87. The molecular weight excluding hydrogens is 240 g/mol. The highest BCUT2D eigenvalue weighted by Gasteiger charge is 1.99. The Hall–Kier alpha value is -2.55. The van der Waals surface area contributed by atoms with Crippen molar-refractivity contribution in [3.8, 4) is 16.9 Å². The molecule has 0 aliphatic rings. The Morgan fingerprint density at radius 2 is 1.84 bits per heavy atom. The van der Waals surface area contributed by atoms with E-state index >= 15 is 0 Å². The first-order valence-electron chi connectivity index (χ1n) is 5.84. The van der Waals surface area contributed by atoms with Crippen LogP contribution in [0.15, 0.2) is 54.6 Å². The normalized spacial score (nSPS) is 10.6. The summed E-state index contributed by atoms with van der Waals surface area (Å²) in [6, 6.07) is 14.7. The van der Waals surface area contributed by atoms with Crippen LogP contribution in [0.3, 0.4) is 0 Å². The van der Waals surface area contributed by atoms with Gasteiger partial charge in [0, 0.05) is 6.08 Å². The minimum absolute atomic E-state index is 0.241. The number of phenolic OH excluding ortho intramolecular Hbond substituents is 1. The summed E-state index contributed by atoms with van der Waals surface area (Å²) in [7, 11) is 1.35. The molecule has 3 heteroatoms. The predicted molar refractivity (Wildman–Crippen MR) is 74.6 cm³/mol. The van der Waals surface area contributed by atoms with Crippen LogP contribution in [-0.4, -0.2) is 18.2 Å². The Kier molecular flexibility index (Phi) is 3.98. The maximum atomic E-state index is 11.0. The van der Waals surface area contributed by atoms with Gasteiger partial charge in [0.05, 0.1) is 7.11 Å². The molecule has 0 saturated heterocycles. The van der Waals surface area contributed by atoms with Gasteiger partial charge in [-0.3, -0.25) is 0 Å². The third-order valence-electron chi connectivity index (χ3n) is 2.70. The average molecular weight is 254 g/mol. The second-order valence-corrected chi connectivity index (χ2v) is 4.03. The van der Waals surface area contributed by atoms with Gasteiger partial charge in [-0.15, -0.1) is 0 Å². The summed E-state index contributed by atoms with van der Waals surface area (Å²) in [5.41, 5.74) is 2.94. The van der Waals surface area contributed by atoms with Gasteiger partial charge < -0.3 is 9.84 Å². The molecule has 2 aromatic rings. The predicted octanol–water partition coefficient (Wildman–Crippen LogP) is 3.25. The molecule has 0 amide bonds. The lowest BCUT2D eigenvalue weighted by Crippen LogP contribution is -1.93. The van der Waals surface area contributed by atoms with Gasteiger partial charge in [0.2, 0.25) is 0 Å². The molecule has 0 heterocycles. The summed E-state index contributed by atoms with van der Waals surface area (Å²) in [5, 5.41) is 9.27. The summed E-state index contributed by atoms with van der Waals surface area (Å²) in [4.78, 5) is 11.0. The maximum absolute atomic E-state index is 11.0. The van der Waals surface area contributed by atoms with E-state index in [1.807, 2.05) is 36.4 Å². The number of phenols is 1. The number of aromatic hydroxyl groups is 1. The van der Waals surface area contributed by atoms with Gasteiger partial charge in [0.25, 0.3) is 0 Å². The number of benzene rings is 2. The fraction of sp³-hybridized carbons (Fsp3) is 0.0625. The molecule has 0 spiro atoms. The van der Waals surface area contributed by atoms with Crippen molar-refractivity contribution < 1.29 is 14.6 Å². The van der Waals surface area contributed by atoms with Crippen molar-refractivity contribution >= 4 is 12.0 Å². The van der Waals surface area contributed by atoms with Crippen LogP contribution in [0, 0.1) is 0 Å². The van der Waals surface area contributed by atoms with Crippen LogP contribution in [0.2, 0.25) is 0 Å². The molecule has 0 bridgehead atoms. The van der Waals surface area contributed by atoms with Crippen molar-refractivity contribution in [2.24, 2.45) is 0 Å². The van der Waals surface area contributed by atoms with E-state index in [9.17, 15) is 9.90 Å². The third-order valence-corrected chi connectivity index (χ3v) is 2.70. The van der Waals surface area contributed by atoms with Gasteiger partial charge in [-0.05, 0) is 41.0 Å². The summed E-state index contributed by atoms with van der Waals surface area (Å²) in [6.45, 7) is 0. The first-order chi connectivity index (χ1) is 9.19. The van der Waals surface area contributed by atoms with Crippen molar-refractivity contribution in [1.29, 1.82) is 0 Å². The second kappa shape index (κ2) is 5.87. The van der Waals surface area contributed by atoms with Crippen LogP contribution < -0.4 is 0 Å². The molecule has 0 aliphatic carbocycles. The Morgan fingerprint density at radius 3 is 2.53 bits per heavy atom. The standard InChI is InChI=1S/C16H14O3/c1-19-16(18)10-5-12-3-2-4-14(11-12)13-6-8-15(17)9-7-13/h2-11,17H,1H3/b10-5+. The zero-order chi connectivity index (χ0) is 13.7. The summed E-state index contributed by atoms with van der Waals surface area (Å²) in [6.07, 6.45) is 3.09. The largest absolute Gasteiger partial charge is 0.508 e. The lowest BCUT2D eigenvalue weighted by atomic mass is 10.0. The van der Waals surface area contributed by atoms with E-state index < -0.39 is 0 Å². The van der Waals surface area contributed by atoms with E-state index in [-0.39, 0.29) is 11.7 Å². The fourth-order valence-corrected chi connectivity index (χ4v) is 1.71. The highest BCUT2D eigenvalue weighted by Crippen LogP contribution is 2.23. The fourth-order valence-electron chi connectivity index (χ4n) is 1.71. The van der Waals surface area contributed by atoms with E-state index in [1.54, 1.807) is 18.2 Å². The van der Waals surface area contributed by atoms with Crippen molar-refractivity contribution in [1.82, 2.24) is 0 Å². The summed E-state index contributed by atoms with van der Waals surface area (Å²) >= 11 is 0. The number of hydrogen-bond donors (Lipinski definition) is 1. The minimum Gasteiger partial charge on any atom is -0.508 e. The van der Waals surface area contributed by atoms with Crippen LogP contribution >= 0.6 is 0 Å². The first kappa shape index (κ1) is 12.9. The molecule has 0 aromatic heterocycles. The molecule has 0 atom stereocenters. The first-order valence-corrected chi connectivity index (χ1v) is 5.84. The van der Waals surface area contributed by atoms with E-state index in [0.29, 0.717) is 0 Å². The maximum Gasteiger partial charge on any atom is 0.330 e. The molecule has 0 unspecified atom stereocenters. The summed E-state index contributed by atoms with van der Waals surface area (Å²) < 4.78 is 4.55. The molecule has 0 aliphatic heterocycles. The Balaban J connectivity index is 2.26. The molecule has 96 valence electrons. The van der Waals surface area contributed by atoms with Gasteiger partial charge in [-0.25, -0.2) is 4.79 Å². The number of carbonyl (C=O) groups is 1. The van der Waals surface area contributed by atoms with E-state index in [0.717, 1.165) is 16.7 Å². The smallest absolute Gasteiger partial charge is 0.330 e. The lowest BCUT2D eigenvalue weighted by Gasteiger charge is -2.03. The number of rotatable bonds is 3. The number of ether oxygens (including phenoxy) is 1. The molecule has 2 aromatic carbocycles. The SMILES string of the molecule is COC(=O)/C=C/c1cccc(-c2ccc(O)cc2)c1. The van der Waals surface area contributed by atoms with Crippen LogP contribution in [-0.2, 0) is 9.53 Å². The molecule has 2 rings (SSSR count).